The first kappa shape index (κ1) is 15.0. The molecule has 7 heteroatoms. The zero-order chi connectivity index (χ0) is 14.9. The summed E-state index contributed by atoms with van der Waals surface area (Å²) >= 11 is 6.13. The maximum absolute atomic E-state index is 12.5. The van der Waals surface area contributed by atoms with E-state index in [-0.39, 0.29) is 4.99 Å². The summed E-state index contributed by atoms with van der Waals surface area (Å²) in [5.41, 5.74) is 6.80. The standard InChI is InChI=1S/C13H14N2O2S3/c1-9-3-8-12(19-9)20(16,17)15(2)11-6-4-10(5-7-11)13(14)18/h3-8H,1-2H3,(H2,14,18). The highest BCUT2D eigenvalue weighted by Gasteiger charge is 2.22. The molecule has 0 aliphatic heterocycles. The lowest BCUT2D eigenvalue weighted by Crippen LogP contribution is -2.25. The van der Waals surface area contributed by atoms with E-state index in [0.717, 1.165) is 4.88 Å². The third kappa shape index (κ3) is 2.84. The van der Waals surface area contributed by atoms with Crippen LogP contribution < -0.4 is 10.0 Å². The molecule has 0 aliphatic rings. The van der Waals surface area contributed by atoms with Crippen LogP contribution in [0.4, 0.5) is 5.69 Å². The molecule has 1 aromatic heterocycles. The topological polar surface area (TPSA) is 63.4 Å². The summed E-state index contributed by atoms with van der Waals surface area (Å²) in [6, 6.07) is 10.2. The Kier molecular flexibility index (Phi) is 4.12. The van der Waals surface area contributed by atoms with E-state index in [1.165, 1.54) is 22.7 Å². The first-order valence-corrected chi connectivity index (χ1v) is 8.44. The van der Waals surface area contributed by atoms with E-state index in [9.17, 15) is 8.42 Å². The number of nitrogens with zero attached hydrogens (tertiary/aromatic N) is 1. The number of rotatable bonds is 4. The highest BCUT2D eigenvalue weighted by Crippen LogP contribution is 2.27. The quantitative estimate of drug-likeness (QED) is 0.877. The van der Waals surface area contributed by atoms with Gasteiger partial charge in [-0.2, -0.15) is 0 Å². The Morgan fingerprint density at radius 2 is 1.80 bits per heavy atom. The van der Waals surface area contributed by atoms with Gasteiger partial charge in [0.15, 0.2) is 0 Å². The van der Waals surface area contributed by atoms with Gasteiger partial charge in [-0.15, -0.1) is 11.3 Å². The van der Waals surface area contributed by atoms with Crippen molar-refractivity contribution in [2.75, 3.05) is 11.4 Å². The molecule has 0 atom stereocenters. The van der Waals surface area contributed by atoms with Crippen LogP contribution in [0.25, 0.3) is 0 Å². The van der Waals surface area contributed by atoms with Crippen molar-refractivity contribution in [2.24, 2.45) is 5.73 Å². The molecular weight excluding hydrogens is 312 g/mol. The molecule has 2 N–H and O–H groups in total. The molecule has 2 aromatic rings. The predicted molar refractivity (Wildman–Crippen MR) is 87.0 cm³/mol. The van der Waals surface area contributed by atoms with E-state index < -0.39 is 10.0 Å². The maximum atomic E-state index is 12.5. The third-order valence-corrected chi connectivity index (χ3v) is 6.34. The summed E-state index contributed by atoms with van der Waals surface area (Å²) in [5, 5.41) is 0. The maximum Gasteiger partial charge on any atom is 0.273 e. The van der Waals surface area contributed by atoms with Gasteiger partial charge in [-0.25, -0.2) is 8.42 Å². The van der Waals surface area contributed by atoms with Crippen LogP contribution in [-0.4, -0.2) is 20.5 Å². The summed E-state index contributed by atoms with van der Waals surface area (Å²) in [6.07, 6.45) is 0. The van der Waals surface area contributed by atoms with Gasteiger partial charge in [0.2, 0.25) is 0 Å². The molecule has 0 amide bonds. The molecule has 20 heavy (non-hydrogen) atoms. The molecule has 1 heterocycles. The SMILES string of the molecule is Cc1ccc(S(=O)(=O)N(C)c2ccc(C(N)=S)cc2)s1. The monoisotopic (exact) mass is 326 g/mol. The molecule has 2 rings (SSSR count). The van der Waals surface area contributed by atoms with Gasteiger partial charge < -0.3 is 5.73 Å². The van der Waals surface area contributed by atoms with Crippen molar-refractivity contribution in [3.8, 4) is 0 Å². The molecular formula is C13H14N2O2S3. The minimum absolute atomic E-state index is 0.288. The Morgan fingerprint density at radius 3 is 2.25 bits per heavy atom. The van der Waals surface area contributed by atoms with Crippen molar-refractivity contribution in [3.63, 3.8) is 0 Å². The Labute approximate surface area is 127 Å². The van der Waals surface area contributed by atoms with Crippen LogP contribution in [0.5, 0.6) is 0 Å². The van der Waals surface area contributed by atoms with E-state index in [4.69, 9.17) is 18.0 Å². The van der Waals surface area contributed by atoms with Crippen LogP contribution in [-0.2, 0) is 10.0 Å². The molecule has 0 saturated carbocycles. The van der Waals surface area contributed by atoms with Crippen molar-refractivity contribution in [1.29, 1.82) is 0 Å². The van der Waals surface area contributed by atoms with Gasteiger partial charge in [-0.3, -0.25) is 4.31 Å². The lowest BCUT2D eigenvalue weighted by molar-refractivity contribution is 0.596. The van der Waals surface area contributed by atoms with Crippen LogP contribution in [0.2, 0.25) is 0 Å². The van der Waals surface area contributed by atoms with E-state index in [2.05, 4.69) is 0 Å². The van der Waals surface area contributed by atoms with Crippen molar-refractivity contribution in [2.45, 2.75) is 11.1 Å². The van der Waals surface area contributed by atoms with Gasteiger partial charge in [0.25, 0.3) is 10.0 Å². The van der Waals surface area contributed by atoms with Crippen molar-refractivity contribution in [3.05, 3.63) is 46.8 Å². The summed E-state index contributed by atoms with van der Waals surface area (Å²) in [5.74, 6) is 0. The van der Waals surface area contributed by atoms with Crippen molar-refractivity contribution < 1.29 is 8.42 Å². The van der Waals surface area contributed by atoms with Crippen molar-refractivity contribution in [1.82, 2.24) is 0 Å². The molecule has 0 spiro atoms. The highest BCUT2D eigenvalue weighted by molar-refractivity contribution is 7.94. The number of anilines is 1. The molecule has 0 aliphatic carbocycles. The average Bonchev–Trinajstić information content (AvgIpc) is 2.85. The van der Waals surface area contributed by atoms with Gasteiger partial charge in [0, 0.05) is 17.5 Å². The van der Waals surface area contributed by atoms with E-state index in [1.807, 2.05) is 6.92 Å². The molecule has 0 unspecified atom stereocenters. The summed E-state index contributed by atoms with van der Waals surface area (Å²) in [4.78, 5) is 1.25. The number of hydrogen-bond donors (Lipinski definition) is 1. The number of hydrogen-bond acceptors (Lipinski definition) is 4. The van der Waals surface area contributed by atoms with Gasteiger partial charge in [0.05, 0.1) is 5.69 Å². The van der Waals surface area contributed by atoms with Crippen LogP contribution in [0.3, 0.4) is 0 Å². The first-order valence-electron chi connectivity index (χ1n) is 5.77. The van der Waals surface area contributed by atoms with Gasteiger partial charge >= 0.3 is 0 Å². The van der Waals surface area contributed by atoms with Crippen LogP contribution in [0.1, 0.15) is 10.4 Å². The lowest BCUT2D eigenvalue weighted by atomic mass is 10.2. The second kappa shape index (κ2) is 5.51. The zero-order valence-electron chi connectivity index (χ0n) is 11.0. The van der Waals surface area contributed by atoms with Crippen LogP contribution in [0.15, 0.2) is 40.6 Å². The normalized spacial score (nSPS) is 11.3. The number of thiophene rings is 1. The fraction of sp³-hybridized carbons (Fsp3) is 0.154. The Morgan fingerprint density at radius 1 is 1.20 bits per heavy atom. The molecule has 106 valence electrons. The molecule has 0 saturated heterocycles. The Hall–Kier alpha value is -1.44. The second-order valence-electron chi connectivity index (χ2n) is 4.25. The zero-order valence-corrected chi connectivity index (χ0v) is 13.5. The second-order valence-corrected chi connectivity index (χ2v) is 8.17. The Balaban J connectivity index is 2.35. The largest absolute Gasteiger partial charge is 0.389 e. The highest BCUT2D eigenvalue weighted by atomic mass is 32.2. The molecule has 0 bridgehead atoms. The predicted octanol–water partition coefficient (Wildman–Crippen LogP) is 2.52. The van der Waals surface area contributed by atoms with Gasteiger partial charge in [-0.05, 0) is 43.3 Å². The summed E-state index contributed by atoms with van der Waals surface area (Å²) in [6.45, 7) is 1.88. The van der Waals surface area contributed by atoms with Crippen LogP contribution in [0, 0.1) is 6.92 Å². The lowest BCUT2D eigenvalue weighted by Gasteiger charge is -2.18. The molecule has 0 radical (unpaired) electrons. The smallest absolute Gasteiger partial charge is 0.273 e. The fourth-order valence-corrected chi connectivity index (χ4v) is 4.45. The molecule has 0 fully saturated rings. The Bertz CT molecular complexity index is 733. The van der Waals surface area contributed by atoms with E-state index in [0.29, 0.717) is 15.5 Å². The van der Waals surface area contributed by atoms with E-state index >= 15 is 0 Å². The van der Waals surface area contributed by atoms with Gasteiger partial charge in [-0.1, -0.05) is 12.2 Å². The third-order valence-electron chi connectivity index (χ3n) is 2.85. The van der Waals surface area contributed by atoms with Gasteiger partial charge in [0.1, 0.15) is 9.20 Å². The minimum atomic E-state index is -3.52. The molecule has 4 nitrogen and oxygen atoms in total. The number of nitrogens with two attached hydrogens (primary N) is 1. The van der Waals surface area contributed by atoms with Crippen LogP contribution >= 0.6 is 23.6 Å². The average molecular weight is 326 g/mol. The number of benzene rings is 1. The summed E-state index contributed by atoms with van der Waals surface area (Å²) in [7, 11) is -1.99. The minimum Gasteiger partial charge on any atom is -0.389 e. The number of aryl methyl sites for hydroxylation is 1. The number of sulfonamides is 1. The number of thiocarbonyl (C=S) groups is 1. The summed E-state index contributed by atoms with van der Waals surface area (Å²) < 4.78 is 26.5. The van der Waals surface area contributed by atoms with E-state index in [1.54, 1.807) is 36.4 Å². The fourth-order valence-electron chi connectivity index (χ4n) is 1.66. The first-order chi connectivity index (χ1) is 9.32. The van der Waals surface area contributed by atoms with Crippen molar-refractivity contribution >= 4 is 44.3 Å². The molecule has 1 aromatic carbocycles.